The van der Waals surface area contributed by atoms with Crippen LogP contribution in [0.3, 0.4) is 0 Å². The third kappa shape index (κ3) is 2.24. The smallest absolute Gasteiger partial charge is 0.134 e. The minimum absolute atomic E-state index is 0.479. The van der Waals surface area contributed by atoms with Crippen molar-refractivity contribution < 1.29 is 0 Å². The number of nitrogens with one attached hydrogen (secondary N) is 2. The summed E-state index contributed by atoms with van der Waals surface area (Å²) in [4.78, 5) is 11.1. The standard InChI is InChI=1S/C11H19N5/c1-8-7-13-4-5-16(8)11-6-10(12-3)14-9(2)15-11/h6,8,13H,4-5,7H2,1-3H3,(H,12,14,15). The Bertz CT molecular complexity index is 365. The van der Waals surface area contributed by atoms with Crippen molar-refractivity contribution in [2.24, 2.45) is 0 Å². The Morgan fingerprint density at radius 3 is 3.00 bits per heavy atom. The van der Waals surface area contributed by atoms with E-state index in [2.05, 4.69) is 32.4 Å². The van der Waals surface area contributed by atoms with Gasteiger partial charge in [-0.05, 0) is 13.8 Å². The molecule has 0 spiro atoms. The lowest BCUT2D eigenvalue weighted by molar-refractivity contribution is 0.496. The normalized spacial score (nSPS) is 20.9. The van der Waals surface area contributed by atoms with Gasteiger partial charge in [-0.1, -0.05) is 0 Å². The average molecular weight is 221 g/mol. The Morgan fingerprint density at radius 1 is 1.50 bits per heavy atom. The summed E-state index contributed by atoms with van der Waals surface area (Å²) in [5.41, 5.74) is 0. The van der Waals surface area contributed by atoms with Crippen LogP contribution in [0.2, 0.25) is 0 Å². The van der Waals surface area contributed by atoms with Crippen molar-refractivity contribution in [3.8, 4) is 0 Å². The fourth-order valence-corrected chi connectivity index (χ4v) is 2.01. The van der Waals surface area contributed by atoms with Gasteiger partial charge in [0.2, 0.25) is 0 Å². The van der Waals surface area contributed by atoms with Crippen LogP contribution in [0.15, 0.2) is 6.07 Å². The zero-order chi connectivity index (χ0) is 11.5. The van der Waals surface area contributed by atoms with Crippen molar-refractivity contribution in [2.45, 2.75) is 19.9 Å². The van der Waals surface area contributed by atoms with E-state index in [0.717, 1.165) is 37.1 Å². The number of piperazine rings is 1. The van der Waals surface area contributed by atoms with E-state index in [1.165, 1.54) is 0 Å². The number of nitrogens with zero attached hydrogens (tertiary/aromatic N) is 3. The number of aromatic nitrogens is 2. The van der Waals surface area contributed by atoms with Crippen molar-refractivity contribution in [1.29, 1.82) is 0 Å². The summed E-state index contributed by atoms with van der Waals surface area (Å²) in [6.45, 7) is 7.17. The molecule has 1 aromatic heterocycles. The van der Waals surface area contributed by atoms with Crippen molar-refractivity contribution >= 4 is 11.6 Å². The van der Waals surface area contributed by atoms with E-state index in [9.17, 15) is 0 Å². The van der Waals surface area contributed by atoms with Gasteiger partial charge in [0.05, 0.1) is 0 Å². The van der Waals surface area contributed by atoms with Gasteiger partial charge < -0.3 is 15.5 Å². The van der Waals surface area contributed by atoms with Crippen LogP contribution in [0.25, 0.3) is 0 Å². The molecule has 1 unspecified atom stereocenters. The first-order valence-electron chi connectivity index (χ1n) is 5.71. The quantitative estimate of drug-likeness (QED) is 0.767. The van der Waals surface area contributed by atoms with Gasteiger partial charge in [-0.2, -0.15) is 0 Å². The molecule has 1 atom stereocenters. The first kappa shape index (κ1) is 11.1. The number of aryl methyl sites for hydroxylation is 1. The largest absolute Gasteiger partial charge is 0.373 e. The van der Waals surface area contributed by atoms with Crippen molar-refractivity contribution in [3.05, 3.63) is 11.9 Å². The maximum Gasteiger partial charge on any atom is 0.134 e. The third-order valence-corrected chi connectivity index (χ3v) is 2.88. The van der Waals surface area contributed by atoms with Crippen LogP contribution >= 0.6 is 0 Å². The number of rotatable bonds is 2. The Kier molecular flexibility index (Phi) is 3.24. The lowest BCUT2D eigenvalue weighted by atomic mass is 10.2. The topological polar surface area (TPSA) is 53.1 Å². The summed E-state index contributed by atoms with van der Waals surface area (Å²) in [6.07, 6.45) is 0. The molecular weight excluding hydrogens is 202 g/mol. The summed E-state index contributed by atoms with van der Waals surface area (Å²) in [5, 5.41) is 6.45. The maximum atomic E-state index is 4.50. The molecule has 0 amide bonds. The van der Waals surface area contributed by atoms with Crippen LogP contribution in [-0.2, 0) is 0 Å². The highest BCUT2D eigenvalue weighted by molar-refractivity contribution is 5.50. The number of hydrogen-bond donors (Lipinski definition) is 2. The second kappa shape index (κ2) is 4.65. The van der Waals surface area contributed by atoms with Crippen LogP contribution in [0.4, 0.5) is 11.6 Å². The molecule has 5 heteroatoms. The second-order valence-electron chi connectivity index (χ2n) is 4.16. The Labute approximate surface area is 96.3 Å². The van der Waals surface area contributed by atoms with E-state index >= 15 is 0 Å². The molecular formula is C11H19N5. The summed E-state index contributed by atoms with van der Waals surface area (Å²) in [6, 6.07) is 2.49. The Balaban J connectivity index is 2.27. The molecule has 0 bridgehead atoms. The fourth-order valence-electron chi connectivity index (χ4n) is 2.01. The molecule has 0 saturated carbocycles. The van der Waals surface area contributed by atoms with E-state index in [4.69, 9.17) is 0 Å². The van der Waals surface area contributed by atoms with Gasteiger partial charge in [0.25, 0.3) is 0 Å². The summed E-state index contributed by atoms with van der Waals surface area (Å²) in [7, 11) is 1.88. The predicted molar refractivity (Wildman–Crippen MR) is 66.0 cm³/mol. The highest BCUT2D eigenvalue weighted by Gasteiger charge is 2.19. The average Bonchev–Trinajstić information content (AvgIpc) is 2.28. The molecule has 0 aliphatic carbocycles. The summed E-state index contributed by atoms with van der Waals surface area (Å²) in [5.74, 6) is 2.71. The highest BCUT2D eigenvalue weighted by Crippen LogP contribution is 2.18. The molecule has 1 aliphatic rings. The molecule has 2 N–H and O–H groups in total. The summed E-state index contributed by atoms with van der Waals surface area (Å²) >= 11 is 0. The lowest BCUT2D eigenvalue weighted by Gasteiger charge is -2.35. The number of hydrogen-bond acceptors (Lipinski definition) is 5. The van der Waals surface area contributed by atoms with Gasteiger partial charge in [0.15, 0.2) is 0 Å². The Hall–Kier alpha value is -1.36. The zero-order valence-corrected chi connectivity index (χ0v) is 10.1. The van der Waals surface area contributed by atoms with Gasteiger partial charge >= 0.3 is 0 Å². The second-order valence-corrected chi connectivity index (χ2v) is 4.16. The molecule has 2 rings (SSSR count). The number of anilines is 2. The first-order valence-corrected chi connectivity index (χ1v) is 5.71. The molecule has 1 saturated heterocycles. The summed E-state index contributed by atoms with van der Waals surface area (Å²) < 4.78 is 0. The SMILES string of the molecule is CNc1cc(N2CCNCC2C)nc(C)n1. The van der Waals surface area contributed by atoms with Gasteiger partial charge in [0, 0.05) is 38.8 Å². The first-order chi connectivity index (χ1) is 7.70. The molecule has 0 radical (unpaired) electrons. The van der Waals surface area contributed by atoms with Crippen LogP contribution in [0.1, 0.15) is 12.7 Å². The van der Waals surface area contributed by atoms with Crippen LogP contribution < -0.4 is 15.5 Å². The minimum atomic E-state index is 0.479. The molecule has 16 heavy (non-hydrogen) atoms. The van der Waals surface area contributed by atoms with Gasteiger partial charge in [-0.25, -0.2) is 9.97 Å². The van der Waals surface area contributed by atoms with Crippen molar-refractivity contribution in [2.75, 3.05) is 36.9 Å². The lowest BCUT2D eigenvalue weighted by Crippen LogP contribution is -2.50. The van der Waals surface area contributed by atoms with Crippen LogP contribution in [0, 0.1) is 6.92 Å². The molecule has 1 aliphatic heterocycles. The van der Waals surface area contributed by atoms with Gasteiger partial charge in [-0.3, -0.25) is 0 Å². The monoisotopic (exact) mass is 221 g/mol. The van der Waals surface area contributed by atoms with E-state index in [1.807, 2.05) is 20.0 Å². The van der Waals surface area contributed by atoms with Gasteiger partial charge in [0.1, 0.15) is 17.5 Å². The van der Waals surface area contributed by atoms with Crippen molar-refractivity contribution in [3.63, 3.8) is 0 Å². The molecule has 0 aromatic carbocycles. The molecule has 1 aromatic rings. The van der Waals surface area contributed by atoms with E-state index in [0.29, 0.717) is 6.04 Å². The molecule has 1 fully saturated rings. The van der Waals surface area contributed by atoms with E-state index in [-0.39, 0.29) is 0 Å². The van der Waals surface area contributed by atoms with Crippen LogP contribution in [0.5, 0.6) is 0 Å². The molecule has 2 heterocycles. The third-order valence-electron chi connectivity index (χ3n) is 2.88. The van der Waals surface area contributed by atoms with E-state index in [1.54, 1.807) is 0 Å². The predicted octanol–water partition coefficient (Wildman–Crippen LogP) is 0.625. The zero-order valence-electron chi connectivity index (χ0n) is 10.1. The minimum Gasteiger partial charge on any atom is -0.373 e. The van der Waals surface area contributed by atoms with Gasteiger partial charge in [-0.15, -0.1) is 0 Å². The van der Waals surface area contributed by atoms with Crippen LogP contribution in [-0.4, -0.2) is 42.7 Å². The highest BCUT2D eigenvalue weighted by atomic mass is 15.3. The Morgan fingerprint density at radius 2 is 2.31 bits per heavy atom. The fraction of sp³-hybridized carbons (Fsp3) is 0.636. The van der Waals surface area contributed by atoms with Crippen molar-refractivity contribution in [1.82, 2.24) is 15.3 Å². The van der Waals surface area contributed by atoms with E-state index < -0.39 is 0 Å². The molecule has 88 valence electrons. The molecule has 5 nitrogen and oxygen atoms in total. The maximum absolute atomic E-state index is 4.50.